The van der Waals surface area contributed by atoms with E-state index in [9.17, 15) is 0 Å². The van der Waals surface area contributed by atoms with Crippen LogP contribution in [0, 0.1) is 0 Å². The minimum absolute atomic E-state index is 0.743. The first-order valence-electron chi connectivity index (χ1n) is 6.83. The fourth-order valence-corrected chi connectivity index (χ4v) is 3.58. The minimum atomic E-state index is 0.743. The van der Waals surface area contributed by atoms with Crippen molar-refractivity contribution in [1.29, 1.82) is 0 Å². The molecule has 0 spiro atoms. The Morgan fingerprint density at radius 1 is 1.45 bits per heavy atom. The highest BCUT2D eigenvalue weighted by molar-refractivity contribution is 9.10. The van der Waals surface area contributed by atoms with Crippen molar-refractivity contribution in [2.24, 2.45) is 0 Å². The molecule has 0 amide bonds. The lowest BCUT2D eigenvalue weighted by atomic mass is 10.2. The van der Waals surface area contributed by atoms with Crippen molar-refractivity contribution in [1.82, 2.24) is 10.3 Å². The highest BCUT2D eigenvalue weighted by atomic mass is 79.9. The molecule has 1 N–H and O–H groups in total. The van der Waals surface area contributed by atoms with Crippen LogP contribution in [-0.4, -0.2) is 18.1 Å². The number of aromatic nitrogens is 1. The zero-order valence-electron chi connectivity index (χ0n) is 11.5. The number of anilines is 1. The maximum Gasteiger partial charge on any atom is 0.128 e. The van der Waals surface area contributed by atoms with E-state index < -0.39 is 0 Å². The van der Waals surface area contributed by atoms with Crippen molar-refractivity contribution >= 4 is 33.1 Å². The van der Waals surface area contributed by atoms with Crippen LogP contribution < -0.4 is 10.2 Å². The maximum atomic E-state index is 4.48. The first-order valence-corrected chi connectivity index (χ1v) is 8.50. The van der Waals surface area contributed by atoms with Gasteiger partial charge in [-0.15, -0.1) is 11.3 Å². The van der Waals surface area contributed by atoms with Gasteiger partial charge in [-0.1, -0.05) is 0 Å². The van der Waals surface area contributed by atoms with Crippen molar-refractivity contribution in [3.63, 3.8) is 0 Å². The van der Waals surface area contributed by atoms with Crippen LogP contribution in [0.1, 0.15) is 23.3 Å². The van der Waals surface area contributed by atoms with Crippen molar-refractivity contribution in [3.8, 4) is 0 Å². The van der Waals surface area contributed by atoms with E-state index in [1.165, 1.54) is 23.3 Å². The summed E-state index contributed by atoms with van der Waals surface area (Å²) in [5.41, 5.74) is 1.31. The SMILES string of the molecule is CN(Cc1cc(Br)cs1)c1cc(CNC2CC2)ccn1. The van der Waals surface area contributed by atoms with E-state index >= 15 is 0 Å². The van der Waals surface area contributed by atoms with Gasteiger partial charge in [0, 0.05) is 40.6 Å². The molecule has 3 rings (SSSR count). The molecule has 1 aliphatic carbocycles. The van der Waals surface area contributed by atoms with Crippen molar-refractivity contribution in [2.45, 2.75) is 32.0 Å². The van der Waals surface area contributed by atoms with E-state index in [4.69, 9.17) is 0 Å². The molecule has 0 aromatic carbocycles. The molecule has 2 aromatic rings. The predicted molar refractivity (Wildman–Crippen MR) is 88.2 cm³/mol. The summed E-state index contributed by atoms with van der Waals surface area (Å²) in [4.78, 5) is 8.01. The van der Waals surface area contributed by atoms with Crippen LogP contribution in [0.2, 0.25) is 0 Å². The average molecular weight is 352 g/mol. The summed E-state index contributed by atoms with van der Waals surface area (Å²) in [6.45, 7) is 1.83. The number of nitrogens with one attached hydrogen (secondary N) is 1. The number of pyridine rings is 1. The summed E-state index contributed by atoms with van der Waals surface area (Å²) in [6, 6.07) is 7.18. The summed E-state index contributed by atoms with van der Waals surface area (Å²) in [5, 5.41) is 5.66. The lowest BCUT2D eigenvalue weighted by molar-refractivity contribution is 0.686. The molecule has 106 valence electrons. The molecular weight excluding hydrogens is 334 g/mol. The molecule has 0 atom stereocenters. The molecular formula is C15H18BrN3S. The van der Waals surface area contributed by atoms with Gasteiger partial charge < -0.3 is 10.2 Å². The Balaban J connectivity index is 1.63. The molecule has 0 bridgehead atoms. The Morgan fingerprint density at radius 2 is 2.30 bits per heavy atom. The van der Waals surface area contributed by atoms with E-state index in [2.05, 4.69) is 61.8 Å². The summed E-state index contributed by atoms with van der Waals surface area (Å²) in [6.07, 6.45) is 4.55. The largest absolute Gasteiger partial charge is 0.355 e. The molecule has 0 saturated heterocycles. The van der Waals surface area contributed by atoms with E-state index in [1.54, 1.807) is 11.3 Å². The number of hydrogen-bond donors (Lipinski definition) is 1. The van der Waals surface area contributed by atoms with Crippen LogP contribution in [0.25, 0.3) is 0 Å². The smallest absolute Gasteiger partial charge is 0.128 e. The first-order chi connectivity index (χ1) is 9.70. The van der Waals surface area contributed by atoms with Gasteiger partial charge in [0.2, 0.25) is 0 Å². The molecule has 2 aromatic heterocycles. The molecule has 1 aliphatic rings. The molecule has 3 nitrogen and oxygen atoms in total. The molecule has 0 unspecified atom stereocenters. The normalized spacial score (nSPS) is 14.5. The minimum Gasteiger partial charge on any atom is -0.355 e. The second kappa shape index (κ2) is 6.24. The second-order valence-electron chi connectivity index (χ2n) is 5.26. The fraction of sp³-hybridized carbons (Fsp3) is 0.400. The number of thiophene rings is 1. The van der Waals surface area contributed by atoms with Crippen LogP contribution >= 0.6 is 27.3 Å². The lowest BCUT2D eigenvalue weighted by Crippen LogP contribution is -2.19. The summed E-state index contributed by atoms with van der Waals surface area (Å²) >= 11 is 5.27. The van der Waals surface area contributed by atoms with Gasteiger partial charge in [0.05, 0.1) is 6.54 Å². The van der Waals surface area contributed by atoms with Gasteiger partial charge in [-0.05, 0) is 52.5 Å². The maximum absolute atomic E-state index is 4.48. The number of hydrogen-bond acceptors (Lipinski definition) is 4. The van der Waals surface area contributed by atoms with Gasteiger partial charge in [0.15, 0.2) is 0 Å². The fourth-order valence-electron chi connectivity index (χ4n) is 2.08. The van der Waals surface area contributed by atoms with E-state index in [1.807, 2.05) is 6.20 Å². The van der Waals surface area contributed by atoms with E-state index in [-0.39, 0.29) is 0 Å². The Bertz CT molecular complexity index is 580. The molecule has 0 aliphatic heterocycles. The zero-order chi connectivity index (χ0) is 13.9. The van der Waals surface area contributed by atoms with Crippen LogP contribution in [0.4, 0.5) is 5.82 Å². The number of halogens is 1. The van der Waals surface area contributed by atoms with Crippen molar-refractivity contribution in [2.75, 3.05) is 11.9 Å². The average Bonchev–Trinajstić information content (AvgIpc) is 3.19. The third-order valence-electron chi connectivity index (χ3n) is 3.39. The topological polar surface area (TPSA) is 28.2 Å². The number of rotatable bonds is 6. The third kappa shape index (κ3) is 3.81. The van der Waals surface area contributed by atoms with E-state index in [0.717, 1.165) is 29.4 Å². The van der Waals surface area contributed by atoms with Crippen LogP contribution in [-0.2, 0) is 13.1 Å². The highest BCUT2D eigenvalue weighted by Gasteiger charge is 2.20. The molecule has 0 radical (unpaired) electrons. The van der Waals surface area contributed by atoms with Gasteiger partial charge >= 0.3 is 0 Å². The van der Waals surface area contributed by atoms with Crippen LogP contribution in [0.15, 0.2) is 34.2 Å². The first kappa shape index (κ1) is 14.0. The van der Waals surface area contributed by atoms with Gasteiger partial charge in [-0.2, -0.15) is 0 Å². The third-order valence-corrected chi connectivity index (χ3v) is 5.07. The lowest BCUT2D eigenvalue weighted by Gasteiger charge is -2.18. The summed E-state index contributed by atoms with van der Waals surface area (Å²) in [7, 11) is 2.09. The highest BCUT2D eigenvalue weighted by Crippen LogP contribution is 2.23. The van der Waals surface area contributed by atoms with Gasteiger partial charge in [-0.3, -0.25) is 0 Å². The Kier molecular flexibility index (Phi) is 4.38. The van der Waals surface area contributed by atoms with Gasteiger partial charge in [0.25, 0.3) is 0 Å². The molecule has 1 saturated carbocycles. The number of nitrogens with zero attached hydrogens (tertiary/aromatic N) is 2. The monoisotopic (exact) mass is 351 g/mol. The second-order valence-corrected chi connectivity index (χ2v) is 7.18. The Morgan fingerprint density at radius 3 is 3.00 bits per heavy atom. The Labute approximate surface area is 132 Å². The van der Waals surface area contributed by atoms with Gasteiger partial charge in [0.1, 0.15) is 5.82 Å². The molecule has 1 fully saturated rings. The Hall–Kier alpha value is -0.910. The molecule has 5 heteroatoms. The standard InChI is InChI=1S/C15H18BrN3S/c1-19(9-14-7-12(16)10-20-14)15-6-11(4-5-17-15)8-18-13-2-3-13/h4-7,10,13,18H,2-3,8-9H2,1H3. The van der Waals surface area contributed by atoms with Crippen molar-refractivity contribution < 1.29 is 0 Å². The predicted octanol–water partition coefficient (Wildman–Crippen LogP) is 3.79. The van der Waals surface area contributed by atoms with Crippen LogP contribution in [0.3, 0.4) is 0 Å². The molecule has 20 heavy (non-hydrogen) atoms. The summed E-state index contributed by atoms with van der Waals surface area (Å²) < 4.78 is 1.15. The summed E-state index contributed by atoms with van der Waals surface area (Å²) in [5.74, 6) is 1.03. The van der Waals surface area contributed by atoms with Gasteiger partial charge in [-0.25, -0.2) is 4.98 Å². The molecule has 2 heterocycles. The van der Waals surface area contributed by atoms with E-state index in [0.29, 0.717) is 0 Å². The zero-order valence-corrected chi connectivity index (χ0v) is 13.9. The quantitative estimate of drug-likeness (QED) is 0.857. The van der Waals surface area contributed by atoms with Crippen LogP contribution in [0.5, 0.6) is 0 Å². The van der Waals surface area contributed by atoms with Crippen molar-refractivity contribution in [3.05, 3.63) is 44.7 Å².